The van der Waals surface area contributed by atoms with E-state index in [1.165, 1.54) is 0 Å². The van der Waals surface area contributed by atoms with Gasteiger partial charge >= 0.3 is 0 Å². The van der Waals surface area contributed by atoms with Crippen LogP contribution in [0.5, 0.6) is 0 Å². The summed E-state index contributed by atoms with van der Waals surface area (Å²) in [4.78, 5) is 20.0. The molecule has 0 bridgehead atoms. The minimum Gasteiger partial charge on any atom is -0.395 e. The summed E-state index contributed by atoms with van der Waals surface area (Å²) in [6.07, 6.45) is 0. The molecule has 0 unspecified atom stereocenters. The van der Waals surface area contributed by atoms with Gasteiger partial charge in [0.05, 0.1) is 5.69 Å². The molecule has 0 fully saturated rings. The fourth-order valence-electron chi connectivity index (χ4n) is 0.743. The van der Waals surface area contributed by atoms with Gasteiger partial charge < -0.3 is 5.73 Å². The van der Waals surface area contributed by atoms with E-state index in [-0.39, 0.29) is 11.4 Å². The van der Waals surface area contributed by atoms with Crippen molar-refractivity contribution in [3.05, 3.63) is 27.8 Å². The van der Waals surface area contributed by atoms with Crippen LogP contribution >= 0.6 is 0 Å². The maximum absolute atomic E-state index is 12.6. The Morgan fingerprint density at radius 2 is 1.92 bits per heavy atom. The molecule has 0 amide bonds. The van der Waals surface area contributed by atoms with E-state index in [0.717, 1.165) is 12.1 Å². The third-order valence-electron chi connectivity index (χ3n) is 1.33. The van der Waals surface area contributed by atoms with E-state index in [9.17, 15) is 14.2 Å². The van der Waals surface area contributed by atoms with Crippen LogP contribution in [0.3, 0.4) is 0 Å². The van der Waals surface area contributed by atoms with Gasteiger partial charge in [0, 0.05) is 0 Å². The van der Waals surface area contributed by atoms with Gasteiger partial charge in [0.1, 0.15) is 5.69 Å². The molecular weight excluding hydrogens is 165 g/mol. The van der Waals surface area contributed by atoms with E-state index in [1.807, 2.05) is 0 Å². The summed E-state index contributed by atoms with van der Waals surface area (Å²) >= 11 is 0. The number of benzene rings is 1. The number of nitroso groups, excluding NO2 is 2. The Kier molecular flexibility index (Phi) is 2.09. The number of rotatable bonds is 2. The van der Waals surface area contributed by atoms with Crippen LogP contribution < -0.4 is 5.73 Å². The number of nitrogens with zero attached hydrogens (tertiary/aromatic N) is 2. The van der Waals surface area contributed by atoms with Crippen molar-refractivity contribution in [2.75, 3.05) is 5.73 Å². The fraction of sp³-hybridized carbons (Fsp3) is 0. The van der Waals surface area contributed by atoms with Crippen LogP contribution in [0.25, 0.3) is 0 Å². The first kappa shape index (κ1) is 8.25. The van der Waals surface area contributed by atoms with Crippen molar-refractivity contribution in [1.29, 1.82) is 0 Å². The molecule has 0 saturated carbocycles. The summed E-state index contributed by atoms with van der Waals surface area (Å²) in [7, 11) is 0. The van der Waals surface area contributed by atoms with Gasteiger partial charge in [0.25, 0.3) is 0 Å². The first-order valence-corrected chi connectivity index (χ1v) is 2.95. The van der Waals surface area contributed by atoms with E-state index in [4.69, 9.17) is 5.73 Å². The van der Waals surface area contributed by atoms with Crippen molar-refractivity contribution in [3.63, 3.8) is 0 Å². The molecule has 0 spiro atoms. The summed E-state index contributed by atoms with van der Waals surface area (Å²) in [5, 5.41) is 4.81. The second-order valence-electron chi connectivity index (χ2n) is 2.01. The third-order valence-corrected chi connectivity index (χ3v) is 1.33. The summed E-state index contributed by atoms with van der Waals surface area (Å²) in [6, 6.07) is 1.98. The number of nitrogens with two attached hydrogens (primary N) is 1. The zero-order valence-electron chi connectivity index (χ0n) is 5.82. The quantitative estimate of drug-likeness (QED) is 0.543. The van der Waals surface area contributed by atoms with E-state index < -0.39 is 11.5 Å². The number of nitrogen functional groups attached to an aromatic ring is 1. The Bertz CT molecular complexity index is 340. The van der Waals surface area contributed by atoms with Crippen molar-refractivity contribution in [2.24, 2.45) is 10.4 Å². The highest BCUT2D eigenvalue weighted by atomic mass is 19.1. The van der Waals surface area contributed by atoms with Crippen LogP contribution in [0.15, 0.2) is 22.5 Å². The molecule has 6 heteroatoms. The summed E-state index contributed by atoms with van der Waals surface area (Å²) in [5.74, 6) is -0.866. The average molecular weight is 169 g/mol. The smallest absolute Gasteiger partial charge is 0.168 e. The van der Waals surface area contributed by atoms with Gasteiger partial charge in [-0.3, -0.25) is 0 Å². The van der Waals surface area contributed by atoms with Gasteiger partial charge in [-0.1, -0.05) is 0 Å². The second-order valence-corrected chi connectivity index (χ2v) is 2.01. The van der Waals surface area contributed by atoms with Gasteiger partial charge in [0.2, 0.25) is 0 Å². The molecule has 0 aliphatic carbocycles. The van der Waals surface area contributed by atoms with Crippen molar-refractivity contribution in [1.82, 2.24) is 0 Å². The molecular formula is C6H4FN3O2. The largest absolute Gasteiger partial charge is 0.395 e. The summed E-state index contributed by atoms with van der Waals surface area (Å²) < 4.78 is 12.6. The molecule has 1 aromatic rings. The lowest BCUT2D eigenvalue weighted by atomic mass is 10.2. The number of hydrogen-bond acceptors (Lipinski definition) is 5. The molecule has 62 valence electrons. The Morgan fingerprint density at radius 3 is 2.42 bits per heavy atom. The van der Waals surface area contributed by atoms with Gasteiger partial charge in [-0.15, -0.1) is 9.81 Å². The number of halogens is 1. The van der Waals surface area contributed by atoms with Crippen LogP contribution in [0, 0.1) is 15.6 Å². The summed E-state index contributed by atoms with van der Waals surface area (Å²) in [5.41, 5.74) is 4.08. The highest BCUT2D eigenvalue weighted by Gasteiger charge is 2.11. The Morgan fingerprint density at radius 1 is 1.25 bits per heavy atom. The zero-order valence-corrected chi connectivity index (χ0v) is 5.82. The summed E-state index contributed by atoms with van der Waals surface area (Å²) in [6.45, 7) is 0. The molecule has 12 heavy (non-hydrogen) atoms. The van der Waals surface area contributed by atoms with Crippen molar-refractivity contribution in [2.45, 2.75) is 0 Å². The first-order chi connectivity index (χ1) is 5.70. The maximum atomic E-state index is 12.6. The monoisotopic (exact) mass is 169 g/mol. The average Bonchev–Trinajstić information content (AvgIpc) is 2.06. The topological polar surface area (TPSA) is 84.9 Å². The van der Waals surface area contributed by atoms with Crippen LogP contribution in [0.1, 0.15) is 0 Å². The lowest BCUT2D eigenvalue weighted by Gasteiger charge is -1.98. The minimum absolute atomic E-state index is 0.189. The van der Waals surface area contributed by atoms with Crippen molar-refractivity contribution in [3.8, 4) is 0 Å². The molecule has 1 rings (SSSR count). The third kappa shape index (κ3) is 1.14. The SMILES string of the molecule is Nc1c(N=O)ccc(F)c1N=O. The fourth-order valence-corrected chi connectivity index (χ4v) is 0.743. The van der Waals surface area contributed by atoms with Crippen molar-refractivity contribution < 1.29 is 4.39 Å². The van der Waals surface area contributed by atoms with E-state index >= 15 is 0 Å². The molecule has 0 saturated heterocycles. The van der Waals surface area contributed by atoms with Crippen LogP contribution in [-0.4, -0.2) is 0 Å². The van der Waals surface area contributed by atoms with Gasteiger partial charge in [-0.2, -0.15) is 0 Å². The minimum atomic E-state index is -0.866. The van der Waals surface area contributed by atoms with Crippen molar-refractivity contribution >= 4 is 17.1 Å². The molecule has 0 aliphatic heterocycles. The Balaban J connectivity index is 3.43. The molecule has 0 heterocycles. The predicted molar refractivity (Wildman–Crippen MR) is 41.7 cm³/mol. The molecule has 0 radical (unpaired) electrons. The molecule has 0 aromatic heterocycles. The number of anilines is 1. The van der Waals surface area contributed by atoms with Gasteiger partial charge in [-0.05, 0) is 22.5 Å². The Labute approximate surface area is 66.3 Å². The van der Waals surface area contributed by atoms with Gasteiger partial charge in [0.15, 0.2) is 11.5 Å². The standard InChI is InChI=1S/C6H4FN3O2/c7-3-1-2-4(9-11)5(8)6(3)10-12/h1-2H,8H2. The van der Waals surface area contributed by atoms with Crippen LogP contribution in [0.4, 0.5) is 21.5 Å². The molecule has 0 atom stereocenters. The van der Waals surface area contributed by atoms with E-state index in [0.29, 0.717) is 0 Å². The molecule has 1 aromatic carbocycles. The number of hydrogen-bond donors (Lipinski definition) is 1. The zero-order chi connectivity index (χ0) is 9.14. The molecule has 5 nitrogen and oxygen atoms in total. The van der Waals surface area contributed by atoms with Gasteiger partial charge in [-0.25, -0.2) is 4.39 Å². The highest BCUT2D eigenvalue weighted by Crippen LogP contribution is 2.33. The normalized spacial score (nSPS) is 9.42. The van der Waals surface area contributed by atoms with E-state index in [1.54, 1.807) is 0 Å². The van der Waals surface area contributed by atoms with E-state index in [2.05, 4.69) is 10.4 Å². The predicted octanol–water partition coefficient (Wildman–Crippen LogP) is 2.20. The molecule has 0 aliphatic rings. The van der Waals surface area contributed by atoms with Crippen LogP contribution in [0.2, 0.25) is 0 Å². The highest BCUT2D eigenvalue weighted by molar-refractivity contribution is 5.76. The lowest BCUT2D eigenvalue weighted by Crippen LogP contribution is -1.88. The second kappa shape index (κ2) is 3.04. The lowest BCUT2D eigenvalue weighted by molar-refractivity contribution is 0.630. The molecule has 2 N–H and O–H groups in total. The Hall–Kier alpha value is -1.85. The maximum Gasteiger partial charge on any atom is 0.168 e. The first-order valence-electron chi connectivity index (χ1n) is 2.95. The van der Waals surface area contributed by atoms with Crippen LogP contribution in [-0.2, 0) is 0 Å².